The normalized spacial score (nSPS) is 17.2. The van der Waals surface area contributed by atoms with Crippen LogP contribution in [0.2, 0.25) is 0 Å². The highest BCUT2D eigenvalue weighted by Crippen LogP contribution is 2.39. The number of hydrogen-bond acceptors (Lipinski definition) is 7. The molecule has 6 rings (SSSR count). The Balaban J connectivity index is 1.53. The van der Waals surface area contributed by atoms with Crippen molar-refractivity contribution in [3.8, 4) is 34.3 Å². The van der Waals surface area contributed by atoms with Gasteiger partial charge in [-0.3, -0.25) is 4.68 Å². The maximum atomic E-state index is 5.59. The van der Waals surface area contributed by atoms with Gasteiger partial charge in [0.15, 0.2) is 11.5 Å². The van der Waals surface area contributed by atoms with Crippen molar-refractivity contribution in [2.24, 2.45) is 0 Å². The minimum atomic E-state index is 0.181. The summed E-state index contributed by atoms with van der Waals surface area (Å²) in [6.07, 6.45) is 5.57. The summed E-state index contributed by atoms with van der Waals surface area (Å²) in [5, 5.41) is 9.13. The topological polar surface area (TPSA) is 93.0 Å². The third kappa shape index (κ3) is 2.96. The van der Waals surface area contributed by atoms with Crippen LogP contribution < -0.4 is 4.74 Å². The highest BCUT2D eigenvalue weighted by atomic mass is 16.5. The van der Waals surface area contributed by atoms with E-state index in [1.54, 1.807) is 7.11 Å². The van der Waals surface area contributed by atoms with E-state index in [0.29, 0.717) is 30.4 Å². The van der Waals surface area contributed by atoms with Crippen LogP contribution in [0, 0.1) is 0 Å². The van der Waals surface area contributed by atoms with Crippen molar-refractivity contribution < 1.29 is 14.0 Å². The molecule has 0 amide bonds. The van der Waals surface area contributed by atoms with Crippen molar-refractivity contribution in [2.45, 2.75) is 38.6 Å². The Morgan fingerprint density at radius 3 is 2.88 bits per heavy atom. The molecule has 164 valence electrons. The molecule has 0 saturated carbocycles. The molecule has 1 saturated heterocycles. The summed E-state index contributed by atoms with van der Waals surface area (Å²) in [4.78, 5) is 9.26. The molecule has 4 aromatic rings. The first kappa shape index (κ1) is 19.2. The summed E-state index contributed by atoms with van der Waals surface area (Å²) in [6, 6.07) is 6.29. The molecule has 3 aromatic heterocycles. The molecule has 5 heterocycles. The van der Waals surface area contributed by atoms with Gasteiger partial charge in [-0.05, 0) is 24.6 Å². The van der Waals surface area contributed by atoms with Gasteiger partial charge in [0.05, 0.1) is 36.8 Å². The Morgan fingerprint density at radius 1 is 1.22 bits per heavy atom. The number of rotatable bonds is 4. The number of aromatic nitrogens is 6. The van der Waals surface area contributed by atoms with Crippen molar-refractivity contribution in [1.82, 2.24) is 29.5 Å². The first-order valence-electron chi connectivity index (χ1n) is 10.9. The number of imidazole rings is 1. The first-order chi connectivity index (χ1) is 15.6. The van der Waals surface area contributed by atoms with Crippen LogP contribution in [-0.2, 0) is 11.2 Å². The zero-order valence-corrected chi connectivity index (χ0v) is 18.3. The predicted octanol–water partition coefficient (Wildman–Crippen LogP) is 3.78. The number of methoxy groups -OCH3 is 1. The van der Waals surface area contributed by atoms with E-state index < -0.39 is 0 Å². The quantitative estimate of drug-likeness (QED) is 0.427. The lowest BCUT2D eigenvalue weighted by atomic mass is 10.0. The summed E-state index contributed by atoms with van der Waals surface area (Å²) in [5.74, 6) is 2.09. The van der Waals surface area contributed by atoms with E-state index in [1.165, 1.54) is 0 Å². The van der Waals surface area contributed by atoms with Gasteiger partial charge in [0.25, 0.3) is 5.89 Å². The first-order valence-corrected chi connectivity index (χ1v) is 10.9. The van der Waals surface area contributed by atoms with Crippen molar-refractivity contribution in [3.05, 3.63) is 47.8 Å². The Labute approximate surface area is 185 Å². The van der Waals surface area contributed by atoms with Gasteiger partial charge >= 0.3 is 0 Å². The SMILES string of the molecule is COc1ccc2c(c1)-c1nn(C3CCOC3)cc1Cc1c(-c3nc(C(C)C)no3)ncn1-2. The third-order valence-corrected chi connectivity index (χ3v) is 6.19. The Kier molecular flexibility index (Phi) is 4.39. The second-order valence-electron chi connectivity index (χ2n) is 8.58. The molecule has 0 radical (unpaired) electrons. The van der Waals surface area contributed by atoms with E-state index in [1.807, 2.05) is 38.4 Å². The third-order valence-electron chi connectivity index (χ3n) is 6.19. The fourth-order valence-corrected chi connectivity index (χ4v) is 4.42. The standard InChI is InChI=1S/C23H24N6O3/c1-13(2)22-25-23(32-27-22)21-19-8-14-10-29(15-6-7-31-11-15)26-20(14)17-9-16(30-3)4-5-18(17)28(19)12-24-21/h4-5,9-10,12-13,15H,6-8,11H2,1-3H3. The molecule has 32 heavy (non-hydrogen) atoms. The van der Waals surface area contributed by atoms with Crippen LogP contribution in [-0.4, -0.2) is 49.8 Å². The lowest BCUT2D eigenvalue weighted by Crippen LogP contribution is -2.09. The van der Waals surface area contributed by atoms with Crippen molar-refractivity contribution in [2.75, 3.05) is 20.3 Å². The Bertz CT molecular complexity index is 1300. The van der Waals surface area contributed by atoms with Crippen LogP contribution in [0.4, 0.5) is 0 Å². The fourth-order valence-electron chi connectivity index (χ4n) is 4.42. The monoisotopic (exact) mass is 432 g/mol. The number of hydrogen-bond donors (Lipinski definition) is 0. The second-order valence-corrected chi connectivity index (χ2v) is 8.58. The van der Waals surface area contributed by atoms with Crippen LogP contribution in [0.15, 0.2) is 35.2 Å². The van der Waals surface area contributed by atoms with Crippen molar-refractivity contribution in [1.29, 1.82) is 0 Å². The van der Waals surface area contributed by atoms with E-state index in [4.69, 9.17) is 19.1 Å². The maximum Gasteiger partial charge on any atom is 0.278 e. The van der Waals surface area contributed by atoms with Gasteiger partial charge in [0.1, 0.15) is 12.1 Å². The predicted molar refractivity (Wildman–Crippen MR) is 116 cm³/mol. The van der Waals surface area contributed by atoms with Gasteiger partial charge in [0, 0.05) is 36.3 Å². The Morgan fingerprint density at radius 2 is 2.12 bits per heavy atom. The molecule has 9 nitrogen and oxygen atoms in total. The van der Waals surface area contributed by atoms with Crippen LogP contribution >= 0.6 is 0 Å². The number of fused-ring (bicyclic) bond motifs is 5. The summed E-state index contributed by atoms with van der Waals surface area (Å²) in [6.45, 7) is 5.54. The molecule has 2 aliphatic rings. The van der Waals surface area contributed by atoms with E-state index in [9.17, 15) is 0 Å². The van der Waals surface area contributed by atoms with Crippen LogP contribution in [0.5, 0.6) is 5.75 Å². The van der Waals surface area contributed by atoms with Crippen molar-refractivity contribution >= 4 is 0 Å². The molecule has 1 atom stereocenters. The molecular formula is C23H24N6O3. The van der Waals surface area contributed by atoms with Crippen LogP contribution in [0.3, 0.4) is 0 Å². The largest absolute Gasteiger partial charge is 0.497 e. The molecule has 0 spiro atoms. The zero-order valence-electron chi connectivity index (χ0n) is 18.3. The van der Waals surface area contributed by atoms with Gasteiger partial charge < -0.3 is 18.6 Å². The minimum absolute atomic E-state index is 0.181. The molecule has 1 unspecified atom stereocenters. The van der Waals surface area contributed by atoms with E-state index in [2.05, 4.69) is 30.6 Å². The molecular weight excluding hydrogens is 408 g/mol. The number of benzene rings is 1. The highest BCUT2D eigenvalue weighted by molar-refractivity contribution is 5.77. The van der Waals surface area contributed by atoms with E-state index >= 15 is 0 Å². The summed E-state index contributed by atoms with van der Waals surface area (Å²) >= 11 is 0. The van der Waals surface area contributed by atoms with Gasteiger partial charge in [-0.25, -0.2) is 4.98 Å². The number of ether oxygens (including phenoxy) is 2. The summed E-state index contributed by atoms with van der Waals surface area (Å²) in [5.41, 5.74) is 5.78. The highest BCUT2D eigenvalue weighted by Gasteiger charge is 2.29. The number of nitrogens with zero attached hydrogens (tertiary/aromatic N) is 6. The average molecular weight is 432 g/mol. The van der Waals surface area contributed by atoms with Gasteiger partial charge in [-0.15, -0.1) is 0 Å². The smallest absolute Gasteiger partial charge is 0.278 e. The van der Waals surface area contributed by atoms with Crippen LogP contribution in [0.25, 0.3) is 28.5 Å². The summed E-state index contributed by atoms with van der Waals surface area (Å²) < 4.78 is 20.8. The van der Waals surface area contributed by atoms with Crippen LogP contribution in [0.1, 0.15) is 49.3 Å². The van der Waals surface area contributed by atoms with Crippen molar-refractivity contribution in [3.63, 3.8) is 0 Å². The zero-order chi connectivity index (χ0) is 21.8. The average Bonchev–Trinajstić information content (AvgIpc) is 3.58. The van der Waals surface area contributed by atoms with Gasteiger partial charge in [-0.2, -0.15) is 10.1 Å². The molecule has 1 aromatic carbocycles. The van der Waals surface area contributed by atoms with Gasteiger partial charge in [0.2, 0.25) is 0 Å². The molecule has 9 heteroatoms. The summed E-state index contributed by atoms with van der Waals surface area (Å²) in [7, 11) is 1.68. The maximum absolute atomic E-state index is 5.59. The molecule has 0 bridgehead atoms. The molecule has 0 aliphatic carbocycles. The molecule has 2 aliphatic heterocycles. The Hall–Kier alpha value is -3.46. The lowest BCUT2D eigenvalue weighted by molar-refractivity contribution is 0.184. The van der Waals surface area contributed by atoms with E-state index in [0.717, 1.165) is 47.0 Å². The lowest BCUT2D eigenvalue weighted by Gasteiger charge is -2.12. The minimum Gasteiger partial charge on any atom is -0.497 e. The molecule has 0 N–H and O–H groups in total. The van der Waals surface area contributed by atoms with Gasteiger partial charge in [-0.1, -0.05) is 19.0 Å². The second kappa shape index (κ2) is 7.30. The van der Waals surface area contributed by atoms with E-state index in [-0.39, 0.29) is 12.0 Å². The molecule has 1 fully saturated rings. The fraction of sp³-hybridized carbons (Fsp3) is 0.391.